The monoisotopic (exact) mass is 364 g/mol. The Morgan fingerprint density at radius 2 is 1.85 bits per heavy atom. The number of carbonyl (C=O) groups is 2. The van der Waals surface area contributed by atoms with E-state index in [2.05, 4.69) is 10.6 Å². The first-order chi connectivity index (χ1) is 13.2. The van der Waals surface area contributed by atoms with E-state index in [4.69, 9.17) is 9.15 Å². The van der Waals surface area contributed by atoms with Crippen LogP contribution in [0.2, 0.25) is 0 Å². The van der Waals surface area contributed by atoms with Gasteiger partial charge in [0.05, 0.1) is 17.4 Å². The number of hydrogen-bond acceptors (Lipinski definition) is 4. The van der Waals surface area contributed by atoms with E-state index in [-0.39, 0.29) is 17.8 Å². The largest absolute Gasteiger partial charge is 0.451 e. The van der Waals surface area contributed by atoms with Gasteiger partial charge in [-0.15, -0.1) is 0 Å². The molecule has 1 atom stereocenters. The highest BCUT2D eigenvalue weighted by Gasteiger charge is 2.19. The first kappa shape index (κ1) is 17.3. The lowest BCUT2D eigenvalue weighted by Gasteiger charge is -2.13. The number of benzene rings is 2. The van der Waals surface area contributed by atoms with Gasteiger partial charge in [0.2, 0.25) is 0 Å². The summed E-state index contributed by atoms with van der Waals surface area (Å²) in [6, 6.07) is 16.0. The SMILES string of the molecule is O=C(Nc1ccccc1C(=O)NC[C@@H]1CCCO1)c1cc2ccccc2o1. The molecule has 27 heavy (non-hydrogen) atoms. The molecule has 4 rings (SSSR count). The van der Waals surface area contributed by atoms with Gasteiger partial charge in [-0.1, -0.05) is 30.3 Å². The second-order valence-electron chi connectivity index (χ2n) is 6.49. The lowest BCUT2D eigenvalue weighted by atomic mass is 10.1. The van der Waals surface area contributed by atoms with Crippen LogP contribution in [0.5, 0.6) is 0 Å². The average Bonchev–Trinajstić information content (AvgIpc) is 3.36. The molecule has 6 heteroatoms. The van der Waals surface area contributed by atoms with Gasteiger partial charge >= 0.3 is 0 Å². The van der Waals surface area contributed by atoms with Crippen LogP contribution in [0.25, 0.3) is 11.0 Å². The number of ether oxygens (including phenoxy) is 1. The quantitative estimate of drug-likeness (QED) is 0.725. The van der Waals surface area contributed by atoms with Crippen molar-refractivity contribution in [3.63, 3.8) is 0 Å². The molecule has 0 bridgehead atoms. The molecule has 2 aromatic carbocycles. The van der Waals surface area contributed by atoms with Gasteiger partial charge < -0.3 is 19.8 Å². The van der Waals surface area contributed by atoms with Crippen LogP contribution in [0.4, 0.5) is 5.69 Å². The number of anilines is 1. The van der Waals surface area contributed by atoms with Gasteiger partial charge in [0.1, 0.15) is 5.58 Å². The summed E-state index contributed by atoms with van der Waals surface area (Å²) in [5.74, 6) is -0.442. The zero-order valence-corrected chi connectivity index (χ0v) is 14.7. The summed E-state index contributed by atoms with van der Waals surface area (Å²) < 4.78 is 11.1. The highest BCUT2D eigenvalue weighted by Crippen LogP contribution is 2.21. The number of hydrogen-bond donors (Lipinski definition) is 2. The first-order valence-electron chi connectivity index (χ1n) is 8.99. The topological polar surface area (TPSA) is 80.6 Å². The second kappa shape index (κ2) is 7.63. The minimum Gasteiger partial charge on any atom is -0.451 e. The molecule has 2 amide bonds. The predicted octanol–water partition coefficient (Wildman–Crippen LogP) is 3.59. The van der Waals surface area contributed by atoms with E-state index < -0.39 is 5.91 Å². The van der Waals surface area contributed by atoms with Crippen LogP contribution in [0.3, 0.4) is 0 Å². The van der Waals surface area contributed by atoms with Crippen LogP contribution in [0.15, 0.2) is 59.0 Å². The van der Waals surface area contributed by atoms with Crippen molar-refractivity contribution in [2.24, 2.45) is 0 Å². The van der Waals surface area contributed by atoms with Crippen molar-refractivity contribution in [3.05, 3.63) is 65.9 Å². The Morgan fingerprint density at radius 1 is 1.04 bits per heavy atom. The highest BCUT2D eigenvalue weighted by atomic mass is 16.5. The van der Waals surface area contributed by atoms with E-state index in [1.165, 1.54) is 0 Å². The van der Waals surface area contributed by atoms with Crippen molar-refractivity contribution in [2.45, 2.75) is 18.9 Å². The molecule has 2 N–H and O–H groups in total. The average molecular weight is 364 g/mol. The van der Waals surface area contributed by atoms with E-state index in [9.17, 15) is 9.59 Å². The Balaban J connectivity index is 1.48. The first-order valence-corrected chi connectivity index (χ1v) is 8.99. The van der Waals surface area contributed by atoms with E-state index in [1.54, 1.807) is 36.4 Å². The molecule has 0 spiro atoms. The minimum absolute atomic E-state index is 0.0613. The van der Waals surface area contributed by atoms with Gasteiger partial charge in [0, 0.05) is 18.5 Å². The van der Waals surface area contributed by atoms with Crippen LogP contribution < -0.4 is 10.6 Å². The summed E-state index contributed by atoms with van der Waals surface area (Å²) in [4.78, 5) is 25.1. The molecular formula is C21H20N2O4. The minimum atomic E-state index is -0.398. The van der Waals surface area contributed by atoms with E-state index in [1.807, 2.05) is 18.2 Å². The van der Waals surface area contributed by atoms with Gasteiger partial charge in [-0.3, -0.25) is 9.59 Å². The molecule has 0 radical (unpaired) electrons. The van der Waals surface area contributed by atoms with Crippen molar-refractivity contribution in [3.8, 4) is 0 Å². The van der Waals surface area contributed by atoms with Crippen molar-refractivity contribution in [1.82, 2.24) is 5.32 Å². The molecule has 1 aliphatic rings. The molecule has 0 saturated carbocycles. The summed E-state index contributed by atoms with van der Waals surface area (Å²) in [7, 11) is 0. The summed E-state index contributed by atoms with van der Waals surface area (Å²) in [6.07, 6.45) is 2.03. The van der Waals surface area contributed by atoms with Crippen molar-refractivity contribution < 1.29 is 18.7 Å². The third-order valence-electron chi connectivity index (χ3n) is 4.58. The zero-order chi connectivity index (χ0) is 18.6. The number of nitrogens with one attached hydrogen (secondary N) is 2. The number of carbonyl (C=O) groups excluding carboxylic acids is 2. The molecule has 0 unspecified atom stereocenters. The zero-order valence-electron chi connectivity index (χ0n) is 14.7. The molecule has 0 aliphatic carbocycles. The molecule has 1 fully saturated rings. The molecule has 6 nitrogen and oxygen atoms in total. The fourth-order valence-corrected chi connectivity index (χ4v) is 3.17. The normalized spacial score (nSPS) is 16.4. The maximum Gasteiger partial charge on any atom is 0.291 e. The second-order valence-corrected chi connectivity index (χ2v) is 6.49. The van der Waals surface area contributed by atoms with Crippen LogP contribution in [0.1, 0.15) is 33.8 Å². The van der Waals surface area contributed by atoms with Gasteiger partial charge in [-0.2, -0.15) is 0 Å². The third kappa shape index (κ3) is 3.85. The highest BCUT2D eigenvalue weighted by molar-refractivity contribution is 6.09. The van der Waals surface area contributed by atoms with E-state index in [0.717, 1.165) is 24.8 Å². The summed E-state index contributed by atoms with van der Waals surface area (Å²) >= 11 is 0. The van der Waals surface area contributed by atoms with Gasteiger partial charge in [-0.25, -0.2) is 0 Å². The molecule has 2 heterocycles. The maximum atomic E-state index is 12.6. The Morgan fingerprint density at radius 3 is 2.67 bits per heavy atom. The summed E-state index contributed by atoms with van der Waals surface area (Å²) in [5.41, 5.74) is 1.48. The number of fused-ring (bicyclic) bond motifs is 1. The lowest BCUT2D eigenvalue weighted by Crippen LogP contribution is -2.32. The van der Waals surface area contributed by atoms with Crippen molar-refractivity contribution >= 4 is 28.5 Å². The van der Waals surface area contributed by atoms with Crippen LogP contribution in [0, 0.1) is 0 Å². The standard InChI is InChI=1S/C21H20N2O4/c24-20(22-13-15-7-5-11-26-15)16-8-2-3-9-17(16)23-21(25)19-12-14-6-1-4-10-18(14)27-19/h1-4,6,8-10,12,15H,5,7,11,13H2,(H,22,24)(H,23,25)/t15-/m0/s1. The summed E-state index contributed by atoms with van der Waals surface area (Å²) in [6.45, 7) is 1.20. The van der Waals surface area contributed by atoms with Gasteiger partial charge in [-0.05, 0) is 37.1 Å². The van der Waals surface area contributed by atoms with Crippen molar-refractivity contribution in [2.75, 3.05) is 18.5 Å². The molecule has 1 aliphatic heterocycles. The number of para-hydroxylation sites is 2. The Hall–Kier alpha value is -3.12. The molecule has 1 aromatic heterocycles. The number of amides is 2. The Kier molecular flexibility index (Phi) is 4.89. The number of rotatable bonds is 5. The molecular weight excluding hydrogens is 344 g/mol. The number of furan rings is 1. The Labute approximate surface area is 156 Å². The molecule has 3 aromatic rings. The van der Waals surface area contributed by atoms with E-state index in [0.29, 0.717) is 23.4 Å². The van der Waals surface area contributed by atoms with Crippen LogP contribution >= 0.6 is 0 Å². The lowest BCUT2D eigenvalue weighted by molar-refractivity contribution is 0.0858. The smallest absolute Gasteiger partial charge is 0.291 e. The van der Waals surface area contributed by atoms with Gasteiger partial charge in [0.15, 0.2) is 5.76 Å². The molecule has 1 saturated heterocycles. The third-order valence-corrected chi connectivity index (χ3v) is 4.58. The fourth-order valence-electron chi connectivity index (χ4n) is 3.17. The molecule has 138 valence electrons. The van der Waals surface area contributed by atoms with Crippen LogP contribution in [-0.2, 0) is 4.74 Å². The summed E-state index contributed by atoms with van der Waals surface area (Å²) in [5, 5.41) is 6.50. The fraction of sp³-hybridized carbons (Fsp3) is 0.238. The predicted molar refractivity (Wildman–Crippen MR) is 102 cm³/mol. The Bertz CT molecular complexity index is 940. The maximum absolute atomic E-state index is 12.6. The van der Waals surface area contributed by atoms with Crippen molar-refractivity contribution in [1.29, 1.82) is 0 Å². The van der Waals surface area contributed by atoms with E-state index >= 15 is 0 Å². The van der Waals surface area contributed by atoms with Crippen LogP contribution in [-0.4, -0.2) is 31.1 Å². The van der Waals surface area contributed by atoms with Gasteiger partial charge in [0.25, 0.3) is 11.8 Å².